The van der Waals surface area contributed by atoms with Gasteiger partial charge in [-0.2, -0.15) is 0 Å². The van der Waals surface area contributed by atoms with Gasteiger partial charge in [-0.1, -0.05) is 29.8 Å². The molecule has 1 aliphatic heterocycles. The van der Waals surface area contributed by atoms with Crippen molar-refractivity contribution in [2.45, 2.75) is 20.4 Å². The number of imide groups is 1. The molecular weight excluding hydrogens is 310 g/mol. The largest absolute Gasteiger partial charge is 0.465 e. The van der Waals surface area contributed by atoms with Gasteiger partial charge >= 0.3 is 12.0 Å². The van der Waals surface area contributed by atoms with Crippen molar-refractivity contribution in [1.82, 2.24) is 15.1 Å². The first-order chi connectivity index (χ1) is 11.5. The van der Waals surface area contributed by atoms with Gasteiger partial charge in [0, 0.05) is 19.6 Å². The van der Waals surface area contributed by atoms with E-state index in [-0.39, 0.29) is 31.0 Å². The number of carbonyl (C=O) groups is 3. The quantitative estimate of drug-likeness (QED) is 0.751. The average Bonchev–Trinajstić information content (AvgIpc) is 2.96. The molecule has 7 nitrogen and oxygen atoms in total. The van der Waals surface area contributed by atoms with E-state index in [1.54, 1.807) is 11.8 Å². The number of carbonyl (C=O) groups excluding carboxylic acids is 3. The molecule has 1 aromatic rings. The molecule has 130 valence electrons. The lowest BCUT2D eigenvalue weighted by atomic mass is 10.1. The highest BCUT2D eigenvalue weighted by Gasteiger charge is 2.28. The lowest BCUT2D eigenvalue weighted by Gasteiger charge is -2.23. The lowest BCUT2D eigenvalue weighted by Crippen LogP contribution is -2.43. The third-order valence-corrected chi connectivity index (χ3v) is 3.70. The Morgan fingerprint density at radius 1 is 1.25 bits per heavy atom. The molecule has 1 N–H and O–H groups in total. The van der Waals surface area contributed by atoms with Crippen molar-refractivity contribution in [1.29, 1.82) is 0 Å². The van der Waals surface area contributed by atoms with Gasteiger partial charge in [0.15, 0.2) is 0 Å². The molecule has 0 unspecified atom stereocenters. The van der Waals surface area contributed by atoms with E-state index in [0.29, 0.717) is 26.2 Å². The summed E-state index contributed by atoms with van der Waals surface area (Å²) in [6, 6.07) is 7.49. The second-order valence-electron chi connectivity index (χ2n) is 5.71. The van der Waals surface area contributed by atoms with Gasteiger partial charge in [-0.3, -0.25) is 19.4 Å². The number of nitrogens with one attached hydrogen (secondary N) is 1. The number of rotatable bonds is 7. The van der Waals surface area contributed by atoms with Crippen LogP contribution in [-0.2, 0) is 20.9 Å². The van der Waals surface area contributed by atoms with Crippen LogP contribution in [0.1, 0.15) is 18.1 Å². The fraction of sp³-hybridized carbons (Fsp3) is 0.471. The minimum Gasteiger partial charge on any atom is -0.465 e. The Morgan fingerprint density at radius 2 is 1.96 bits per heavy atom. The number of ether oxygens (including phenoxy) is 1. The van der Waals surface area contributed by atoms with E-state index < -0.39 is 0 Å². The van der Waals surface area contributed by atoms with Crippen LogP contribution in [0, 0.1) is 6.92 Å². The number of hydrogen-bond donors (Lipinski definition) is 1. The number of nitrogens with zero attached hydrogens (tertiary/aromatic N) is 2. The molecule has 0 aliphatic carbocycles. The molecule has 3 amide bonds. The molecule has 1 fully saturated rings. The molecule has 7 heteroatoms. The standard InChI is InChI=1S/C17H23N3O4/c1-3-24-16(22)12-19(10-14-6-4-13(2)5-7-14)11-15(21)20-9-8-18-17(20)23/h4-7H,3,8-12H2,1-2H3,(H,18,23). The third kappa shape index (κ3) is 5.06. The van der Waals surface area contributed by atoms with Crippen molar-refractivity contribution in [2.24, 2.45) is 0 Å². The van der Waals surface area contributed by atoms with Crippen LogP contribution < -0.4 is 5.32 Å². The first-order valence-corrected chi connectivity index (χ1v) is 8.01. The number of esters is 1. The van der Waals surface area contributed by atoms with E-state index in [0.717, 1.165) is 11.1 Å². The highest BCUT2D eigenvalue weighted by Crippen LogP contribution is 2.08. The molecule has 0 atom stereocenters. The maximum Gasteiger partial charge on any atom is 0.324 e. The average molecular weight is 333 g/mol. The van der Waals surface area contributed by atoms with Gasteiger partial charge in [-0.05, 0) is 19.4 Å². The second-order valence-corrected chi connectivity index (χ2v) is 5.71. The number of aryl methyl sites for hydroxylation is 1. The van der Waals surface area contributed by atoms with E-state index >= 15 is 0 Å². The molecular formula is C17H23N3O4. The Morgan fingerprint density at radius 3 is 2.54 bits per heavy atom. The molecule has 0 spiro atoms. The smallest absolute Gasteiger partial charge is 0.324 e. The van der Waals surface area contributed by atoms with E-state index in [4.69, 9.17) is 4.74 Å². The molecule has 24 heavy (non-hydrogen) atoms. The molecule has 1 heterocycles. The zero-order valence-electron chi connectivity index (χ0n) is 14.1. The Bertz CT molecular complexity index is 600. The van der Waals surface area contributed by atoms with E-state index in [9.17, 15) is 14.4 Å². The van der Waals surface area contributed by atoms with E-state index in [1.165, 1.54) is 4.90 Å². The topological polar surface area (TPSA) is 79.0 Å². The summed E-state index contributed by atoms with van der Waals surface area (Å²) in [5.74, 6) is -0.704. The molecule has 0 radical (unpaired) electrons. The first kappa shape index (κ1) is 17.9. The summed E-state index contributed by atoms with van der Waals surface area (Å²) in [4.78, 5) is 38.6. The molecule has 2 rings (SSSR count). The van der Waals surface area contributed by atoms with Crippen LogP contribution in [0.3, 0.4) is 0 Å². The van der Waals surface area contributed by atoms with Gasteiger partial charge < -0.3 is 10.1 Å². The number of hydrogen-bond acceptors (Lipinski definition) is 5. The Hall–Kier alpha value is -2.41. The van der Waals surface area contributed by atoms with Gasteiger partial charge in [-0.15, -0.1) is 0 Å². The van der Waals surface area contributed by atoms with Gasteiger partial charge in [-0.25, -0.2) is 4.79 Å². The normalized spacial score (nSPS) is 14.0. The first-order valence-electron chi connectivity index (χ1n) is 8.01. The van der Waals surface area contributed by atoms with Gasteiger partial charge in [0.2, 0.25) is 5.91 Å². The number of amides is 3. The van der Waals surface area contributed by atoms with E-state index in [2.05, 4.69) is 5.32 Å². The van der Waals surface area contributed by atoms with Crippen LogP contribution in [0.25, 0.3) is 0 Å². The Kier molecular flexibility index (Phi) is 6.31. The minimum atomic E-state index is -0.386. The molecule has 1 aliphatic rings. The zero-order valence-corrected chi connectivity index (χ0v) is 14.1. The maximum absolute atomic E-state index is 12.3. The summed E-state index contributed by atoms with van der Waals surface area (Å²) in [5.41, 5.74) is 2.13. The maximum atomic E-state index is 12.3. The lowest BCUT2D eigenvalue weighted by molar-refractivity contribution is -0.145. The molecule has 1 aromatic carbocycles. The van der Waals surface area contributed by atoms with Crippen molar-refractivity contribution in [3.63, 3.8) is 0 Å². The minimum absolute atomic E-state index is 0.00289. The molecule has 0 saturated carbocycles. The van der Waals surface area contributed by atoms with Crippen LogP contribution >= 0.6 is 0 Å². The van der Waals surface area contributed by atoms with Gasteiger partial charge in [0.05, 0.1) is 19.7 Å². The zero-order chi connectivity index (χ0) is 17.5. The second kappa shape index (κ2) is 8.44. The SMILES string of the molecule is CCOC(=O)CN(CC(=O)N1CCNC1=O)Cc1ccc(C)cc1. The van der Waals surface area contributed by atoms with Crippen LogP contribution in [0.2, 0.25) is 0 Å². The summed E-state index contributed by atoms with van der Waals surface area (Å²) in [6.07, 6.45) is 0. The Labute approximate surface area is 141 Å². The summed E-state index contributed by atoms with van der Waals surface area (Å²) >= 11 is 0. The number of urea groups is 1. The predicted molar refractivity (Wildman–Crippen MR) is 88.2 cm³/mol. The van der Waals surface area contributed by atoms with Crippen molar-refractivity contribution in [3.8, 4) is 0 Å². The predicted octanol–water partition coefficient (Wildman–Crippen LogP) is 0.912. The van der Waals surface area contributed by atoms with Crippen LogP contribution in [0.15, 0.2) is 24.3 Å². The van der Waals surface area contributed by atoms with E-state index in [1.807, 2.05) is 31.2 Å². The van der Waals surface area contributed by atoms with Crippen molar-refractivity contribution in [2.75, 3.05) is 32.8 Å². The summed E-state index contributed by atoms with van der Waals surface area (Å²) < 4.78 is 4.97. The van der Waals surface area contributed by atoms with Crippen LogP contribution in [0.5, 0.6) is 0 Å². The fourth-order valence-electron chi connectivity index (χ4n) is 2.49. The van der Waals surface area contributed by atoms with Gasteiger partial charge in [0.25, 0.3) is 0 Å². The van der Waals surface area contributed by atoms with Crippen molar-refractivity contribution in [3.05, 3.63) is 35.4 Å². The summed E-state index contributed by atoms with van der Waals surface area (Å²) in [5, 5.41) is 2.60. The summed E-state index contributed by atoms with van der Waals surface area (Å²) in [7, 11) is 0. The molecule has 1 saturated heterocycles. The summed E-state index contributed by atoms with van der Waals surface area (Å²) in [6.45, 7) is 5.26. The molecule has 0 bridgehead atoms. The number of benzene rings is 1. The highest BCUT2D eigenvalue weighted by molar-refractivity contribution is 5.96. The Balaban J connectivity index is 2.03. The third-order valence-electron chi connectivity index (χ3n) is 3.70. The van der Waals surface area contributed by atoms with Crippen molar-refractivity contribution >= 4 is 17.9 Å². The van der Waals surface area contributed by atoms with Crippen LogP contribution in [0.4, 0.5) is 4.79 Å². The van der Waals surface area contributed by atoms with Crippen molar-refractivity contribution < 1.29 is 19.1 Å². The molecule has 0 aromatic heterocycles. The fourth-order valence-corrected chi connectivity index (χ4v) is 2.49. The van der Waals surface area contributed by atoms with Gasteiger partial charge in [0.1, 0.15) is 0 Å². The van der Waals surface area contributed by atoms with Crippen LogP contribution in [-0.4, -0.2) is 60.5 Å². The monoisotopic (exact) mass is 333 g/mol. The highest BCUT2D eigenvalue weighted by atomic mass is 16.5.